The van der Waals surface area contributed by atoms with E-state index < -0.39 is 0 Å². The van der Waals surface area contributed by atoms with Crippen LogP contribution in [0, 0.1) is 13.8 Å². The minimum atomic E-state index is -0.0620. The number of aromatic nitrogens is 2. The number of aryl methyl sites for hydroxylation is 2. The molecule has 1 aromatic carbocycles. The standard InChI is InChI=1S/C21H20N4O2S/c1-12-9-15(13(2)23-12)20-19(16-5-3-4-8-22-16)24-21(28)25(20)14-6-7-17-18(10-14)27-11-26-17/h3-10,19-20,23H,11H2,1-2H3,(H,24,28)/t19-,20-/m1/s1. The molecule has 7 heteroatoms. The Bertz CT molecular complexity index is 1050. The molecule has 2 N–H and O–H groups in total. The second-order valence-electron chi connectivity index (χ2n) is 7.07. The third kappa shape index (κ3) is 2.70. The second-order valence-corrected chi connectivity index (χ2v) is 7.45. The van der Waals surface area contributed by atoms with Crippen molar-refractivity contribution in [3.63, 3.8) is 0 Å². The van der Waals surface area contributed by atoms with Gasteiger partial charge in [0.25, 0.3) is 0 Å². The molecule has 1 saturated heterocycles. The van der Waals surface area contributed by atoms with E-state index in [9.17, 15) is 0 Å². The van der Waals surface area contributed by atoms with Crippen molar-refractivity contribution in [2.75, 3.05) is 11.7 Å². The average Bonchev–Trinajstić information content (AvgIpc) is 3.38. The first kappa shape index (κ1) is 17.1. The number of hydrogen-bond donors (Lipinski definition) is 2. The molecule has 2 aromatic heterocycles. The zero-order valence-corrected chi connectivity index (χ0v) is 16.4. The Morgan fingerprint density at radius 1 is 1.11 bits per heavy atom. The normalized spacial score (nSPS) is 20.5. The van der Waals surface area contributed by atoms with Crippen LogP contribution in [0.3, 0.4) is 0 Å². The molecular weight excluding hydrogens is 372 g/mol. The number of ether oxygens (including phenoxy) is 2. The van der Waals surface area contributed by atoms with Gasteiger partial charge in [0, 0.05) is 29.3 Å². The van der Waals surface area contributed by atoms with Gasteiger partial charge in [-0.15, -0.1) is 0 Å². The Balaban J connectivity index is 1.64. The van der Waals surface area contributed by atoms with E-state index in [-0.39, 0.29) is 18.9 Å². The summed E-state index contributed by atoms with van der Waals surface area (Å²) >= 11 is 5.76. The van der Waals surface area contributed by atoms with Crippen molar-refractivity contribution >= 4 is 23.0 Å². The zero-order valence-electron chi connectivity index (χ0n) is 15.6. The van der Waals surface area contributed by atoms with Crippen LogP contribution in [0.25, 0.3) is 0 Å². The molecule has 142 valence electrons. The van der Waals surface area contributed by atoms with E-state index >= 15 is 0 Å². The van der Waals surface area contributed by atoms with Crippen molar-refractivity contribution in [1.29, 1.82) is 0 Å². The molecule has 0 spiro atoms. The number of aromatic amines is 1. The topological polar surface area (TPSA) is 62.4 Å². The lowest BCUT2D eigenvalue weighted by atomic mass is 9.96. The maximum atomic E-state index is 5.76. The molecule has 2 aliphatic heterocycles. The largest absolute Gasteiger partial charge is 0.454 e. The van der Waals surface area contributed by atoms with Crippen molar-refractivity contribution in [3.8, 4) is 11.5 Å². The molecule has 1 fully saturated rings. The van der Waals surface area contributed by atoms with Gasteiger partial charge in [0.05, 0.1) is 17.8 Å². The number of anilines is 1. The first-order valence-electron chi connectivity index (χ1n) is 9.18. The molecule has 0 bridgehead atoms. The van der Waals surface area contributed by atoms with E-state index in [4.69, 9.17) is 21.7 Å². The number of fused-ring (bicyclic) bond motifs is 1. The Morgan fingerprint density at radius 2 is 1.96 bits per heavy atom. The van der Waals surface area contributed by atoms with Gasteiger partial charge >= 0.3 is 0 Å². The zero-order chi connectivity index (χ0) is 19.3. The number of H-pyrrole nitrogens is 1. The number of hydrogen-bond acceptors (Lipinski definition) is 4. The molecule has 6 nitrogen and oxygen atoms in total. The van der Waals surface area contributed by atoms with Crippen LogP contribution in [-0.4, -0.2) is 21.9 Å². The predicted octanol–water partition coefficient (Wildman–Crippen LogP) is 3.93. The first-order chi connectivity index (χ1) is 13.6. The summed E-state index contributed by atoms with van der Waals surface area (Å²) in [6.07, 6.45) is 1.82. The molecule has 0 unspecified atom stereocenters. The fraction of sp³-hybridized carbons (Fsp3) is 0.238. The van der Waals surface area contributed by atoms with E-state index in [1.54, 1.807) is 0 Å². The van der Waals surface area contributed by atoms with Crippen LogP contribution in [0.5, 0.6) is 11.5 Å². The summed E-state index contributed by atoms with van der Waals surface area (Å²) < 4.78 is 11.0. The summed E-state index contributed by atoms with van der Waals surface area (Å²) in [6, 6.07) is 14.0. The second kappa shape index (κ2) is 6.53. The van der Waals surface area contributed by atoms with Crippen LogP contribution in [0.15, 0.2) is 48.7 Å². The Morgan fingerprint density at radius 3 is 2.71 bits per heavy atom. The van der Waals surface area contributed by atoms with Gasteiger partial charge in [-0.2, -0.15) is 0 Å². The van der Waals surface area contributed by atoms with Crippen molar-refractivity contribution in [3.05, 3.63) is 71.3 Å². The summed E-state index contributed by atoms with van der Waals surface area (Å²) in [6.45, 7) is 4.41. The number of benzene rings is 1. The summed E-state index contributed by atoms with van der Waals surface area (Å²) in [5.74, 6) is 1.50. The summed E-state index contributed by atoms with van der Waals surface area (Å²) in [5, 5.41) is 4.15. The Hall–Kier alpha value is -3.06. The van der Waals surface area contributed by atoms with E-state index in [0.717, 1.165) is 34.3 Å². The number of rotatable bonds is 3. The summed E-state index contributed by atoms with van der Waals surface area (Å²) in [4.78, 5) is 10.2. The van der Waals surface area contributed by atoms with Gasteiger partial charge in [0.2, 0.25) is 6.79 Å². The van der Waals surface area contributed by atoms with Crippen molar-refractivity contribution in [2.24, 2.45) is 0 Å². The first-order valence-corrected chi connectivity index (χ1v) is 9.59. The Kier molecular flexibility index (Phi) is 3.98. The molecular formula is C21H20N4O2S. The highest BCUT2D eigenvalue weighted by Gasteiger charge is 2.42. The number of pyridine rings is 1. The van der Waals surface area contributed by atoms with E-state index in [2.05, 4.69) is 40.1 Å². The highest BCUT2D eigenvalue weighted by molar-refractivity contribution is 7.80. The SMILES string of the molecule is Cc1cc([C@@H]2[C@@H](c3ccccn3)NC(=S)N2c2ccc3c(c2)OCO3)c(C)[nH]1. The van der Waals surface area contributed by atoms with Gasteiger partial charge in [-0.25, -0.2) is 0 Å². The van der Waals surface area contributed by atoms with Gasteiger partial charge in [-0.1, -0.05) is 6.07 Å². The third-order valence-corrected chi connectivity index (χ3v) is 5.56. The smallest absolute Gasteiger partial charge is 0.231 e. The molecule has 3 aromatic rings. The maximum Gasteiger partial charge on any atom is 0.231 e. The highest BCUT2D eigenvalue weighted by atomic mass is 32.1. The maximum absolute atomic E-state index is 5.76. The number of nitrogens with one attached hydrogen (secondary N) is 2. The van der Waals surface area contributed by atoms with Crippen LogP contribution in [0.2, 0.25) is 0 Å². The summed E-state index contributed by atoms with van der Waals surface area (Å²) in [7, 11) is 0. The molecule has 2 atom stereocenters. The van der Waals surface area contributed by atoms with E-state index in [1.807, 2.05) is 42.6 Å². The van der Waals surface area contributed by atoms with Gasteiger partial charge in [-0.05, 0) is 62.0 Å². The van der Waals surface area contributed by atoms with Crippen LogP contribution < -0.4 is 19.7 Å². The molecule has 5 rings (SSSR count). The van der Waals surface area contributed by atoms with Gasteiger partial charge in [0.15, 0.2) is 16.6 Å². The van der Waals surface area contributed by atoms with Crippen molar-refractivity contribution in [2.45, 2.75) is 25.9 Å². The minimum Gasteiger partial charge on any atom is -0.454 e. The minimum absolute atomic E-state index is 0.0345. The third-order valence-electron chi connectivity index (χ3n) is 5.24. The van der Waals surface area contributed by atoms with E-state index in [0.29, 0.717) is 5.11 Å². The monoisotopic (exact) mass is 392 g/mol. The number of thiocarbonyl (C=S) groups is 1. The Labute approximate surface area is 168 Å². The summed E-state index contributed by atoms with van der Waals surface area (Å²) in [5.41, 5.74) is 5.36. The average molecular weight is 392 g/mol. The quantitative estimate of drug-likeness (QED) is 0.659. The fourth-order valence-electron chi connectivity index (χ4n) is 4.04. The molecule has 28 heavy (non-hydrogen) atoms. The van der Waals surface area contributed by atoms with Crippen molar-refractivity contribution < 1.29 is 9.47 Å². The van der Waals surface area contributed by atoms with Crippen LogP contribution in [0.1, 0.15) is 34.7 Å². The fourth-order valence-corrected chi connectivity index (χ4v) is 4.38. The number of nitrogens with zero attached hydrogens (tertiary/aromatic N) is 2. The lowest BCUT2D eigenvalue weighted by Crippen LogP contribution is -2.29. The van der Waals surface area contributed by atoms with Crippen LogP contribution in [0.4, 0.5) is 5.69 Å². The van der Waals surface area contributed by atoms with E-state index in [1.165, 1.54) is 5.56 Å². The van der Waals surface area contributed by atoms with Crippen molar-refractivity contribution in [1.82, 2.24) is 15.3 Å². The van der Waals surface area contributed by atoms with Gasteiger partial charge in [-0.3, -0.25) is 4.98 Å². The van der Waals surface area contributed by atoms with Crippen LogP contribution in [-0.2, 0) is 0 Å². The molecule has 2 aliphatic rings. The van der Waals surface area contributed by atoms with Gasteiger partial charge in [0.1, 0.15) is 0 Å². The lowest BCUT2D eigenvalue weighted by molar-refractivity contribution is 0.174. The van der Waals surface area contributed by atoms with Crippen LogP contribution >= 0.6 is 12.2 Å². The predicted molar refractivity (Wildman–Crippen MR) is 111 cm³/mol. The van der Waals surface area contributed by atoms with Gasteiger partial charge < -0.3 is 24.7 Å². The molecule has 0 aliphatic carbocycles. The molecule has 0 saturated carbocycles. The molecule has 0 amide bonds. The lowest BCUT2D eigenvalue weighted by Gasteiger charge is -2.28. The molecule has 4 heterocycles. The highest BCUT2D eigenvalue weighted by Crippen LogP contribution is 2.45. The molecule has 0 radical (unpaired) electrons.